The zero-order valence-corrected chi connectivity index (χ0v) is 14.0. The Kier molecular flexibility index (Phi) is 4.71. The van der Waals surface area contributed by atoms with Gasteiger partial charge in [-0.3, -0.25) is 0 Å². The molecule has 0 amide bonds. The van der Waals surface area contributed by atoms with E-state index >= 15 is 0 Å². The Morgan fingerprint density at radius 1 is 1.24 bits per heavy atom. The van der Waals surface area contributed by atoms with Gasteiger partial charge in [-0.1, -0.05) is 34.6 Å². The van der Waals surface area contributed by atoms with Crippen molar-refractivity contribution in [3.8, 4) is 0 Å². The molecule has 0 unspecified atom stereocenters. The van der Waals surface area contributed by atoms with Crippen LogP contribution >= 0.6 is 0 Å². The third kappa shape index (κ3) is 3.46. The van der Waals surface area contributed by atoms with Gasteiger partial charge < -0.3 is 10.3 Å². The van der Waals surface area contributed by atoms with Gasteiger partial charge in [0.05, 0.1) is 0 Å². The second-order valence-corrected chi connectivity index (χ2v) is 7.39. The van der Waals surface area contributed by atoms with E-state index in [2.05, 4.69) is 54.9 Å². The maximum Gasteiger partial charge on any atom is 0.148 e. The largest absolute Gasteiger partial charge is 0.356 e. The van der Waals surface area contributed by atoms with E-state index in [9.17, 15) is 0 Å². The average molecular weight is 291 g/mol. The third-order valence-electron chi connectivity index (χ3n) is 4.60. The first-order valence-corrected chi connectivity index (χ1v) is 7.91. The van der Waals surface area contributed by atoms with Crippen LogP contribution in [-0.2, 0) is 0 Å². The summed E-state index contributed by atoms with van der Waals surface area (Å²) in [6, 6.07) is 0. The summed E-state index contributed by atoms with van der Waals surface area (Å²) >= 11 is 0. The summed E-state index contributed by atoms with van der Waals surface area (Å²) < 4.78 is 0. The molecule has 0 aliphatic carbocycles. The fourth-order valence-corrected chi connectivity index (χ4v) is 3.24. The number of aromatic nitrogens is 2. The first-order chi connectivity index (χ1) is 9.84. The first-order valence-electron chi connectivity index (χ1n) is 7.91. The molecule has 1 aliphatic heterocycles. The monoisotopic (exact) mass is 291 g/mol. The lowest BCUT2D eigenvalue weighted by molar-refractivity contribution is 0.198. The minimum absolute atomic E-state index is 0.340. The normalized spacial score (nSPS) is 17.4. The van der Waals surface area contributed by atoms with E-state index in [1.54, 1.807) is 6.33 Å². The van der Waals surface area contributed by atoms with Gasteiger partial charge >= 0.3 is 0 Å². The quantitative estimate of drug-likeness (QED) is 0.661. The fourth-order valence-electron chi connectivity index (χ4n) is 3.24. The maximum atomic E-state index is 5.61. The summed E-state index contributed by atoms with van der Waals surface area (Å²) in [6.45, 7) is 13.5. The van der Waals surface area contributed by atoms with Gasteiger partial charge in [0.15, 0.2) is 0 Å². The number of hydrazine groups is 1. The summed E-state index contributed by atoms with van der Waals surface area (Å²) in [5, 5.41) is 0. The van der Waals surface area contributed by atoms with Crippen molar-refractivity contribution in [1.29, 1.82) is 0 Å². The molecule has 0 radical (unpaired) electrons. The van der Waals surface area contributed by atoms with E-state index < -0.39 is 0 Å². The number of nitrogens with two attached hydrogens (primary N) is 1. The number of piperidine rings is 1. The average Bonchev–Trinajstić information content (AvgIpc) is 2.45. The second-order valence-electron chi connectivity index (χ2n) is 7.39. The molecule has 1 saturated heterocycles. The Balaban J connectivity index is 2.21. The van der Waals surface area contributed by atoms with Crippen LogP contribution in [0.5, 0.6) is 0 Å². The molecule has 5 heteroatoms. The van der Waals surface area contributed by atoms with Crippen molar-refractivity contribution in [2.45, 2.75) is 53.4 Å². The van der Waals surface area contributed by atoms with Crippen LogP contribution in [0.3, 0.4) is 0 Å². The van der Waals surface area contributed by atoms with Crippen LogP contribution in [0.1, 0.15) is 58.9 Å². The Morgan fingerprint density at radius 2 is 1.86 bits per heavy atom. The van der Waals surface area contributed by atoms with E-state index in [4.69, 9.17) is 5.84 Å². The highest BCUT2D eigenvalue weighted by Gasteiger charge is 2.30. The standard InChI is InChI=1S/C16H29N5/c1-11(2)13-14(20-17)18-10-19-15(13)21-8-6-12(7-9-21)16(3,4)5/h10-12H,6-9,17H2,1-5H3,(H,18,19,20). The number of nitrogens with zero attached hydrogens (tertiary/aromatic N) is 3. The number of anilines is 2. The molecule has 1 aromatic heterocycles. The zero-order valence-electron chi connectivity index (χ0n) is 14.0. The minimum Gasteiger partial charge on any atom is -0.356 e. The van der Waals surface area contributed by atoms with Crippen LogP contribution in [0, 0.1) is 11.3 Å². The maximum absolute atomic E-state index is 5.61. The van der Waals surface area contributed by atoms with Crippen molar-refractivity contribution in [3.05, 3.63) is 11.9 Å². The van der Waals surface area contributed by atoms with E-state index in [1.165, 1.54) is 12.8 Å². The minimum atomic E-state index is 0.340. The molecule has 1 fully saturated rings. The van der Waals surface area contributed by atoms with E-state index in [0.29, 0.717) is 11.3 Å². The topological polar surface area (TPSA) is 67.1 Å². The van der Waals surface area contributed by atoms with Gasteiger partial charge in [-0.15, -0.1) is 0 Å². The Bertz CT molecular complexity index is 470. The number of hydrogen-bond donors (Lipinski definition) is 2. The van der Waals surface area contributed by atoms with E-state index in [0.717, 1.165) is 36.2 Å². The molecule has 0 aromatic carbocycles. The van der Waals surface area contributed by atoms with Gasteiger partial charge in [0, 0.05) is 18.7 Å². The summed E-state index contributed by atoms with van der Waals surface area (Å²) in [7, 11) is 0. The number of nitrogen functional groups attached to an aromatic ring is 1. The second kappa shape index (κ2) is 6.18. The highest BCUT2D eigenvalue weighted by atomic mass is 15.3. The molecule has 0 atom stereocenters. The predicted octanol–water partition coefficient (Wildman–Crippen LogP) is 3.15. The van der Waals surface area contributed by atoms with Gasteiger partial charge in [-0.2, -0.15) is 0 Å². The van der Waals surface area contributed by atoms with E-state index in [-0.39, 0.29) is 0 Å². The van der Waals surface area contributed by atoms with Crippen LogP contribution in [0.25, 0.3) is 0 Å². The smallest absolute Gasteiger partial charge is 0.148 e. The lowest BCUT2D eigenvalue weighted by atomic mass is 9.75. The number of rotatable bonds is 3. The van der Waals surface area contributed by atoms with Crippen molar-refractivity contribution in [3.63, 3.8) is 0 Å². The van der Waals surface area contributed by atoms with Gasteiger partial charge in [0.2, 0.25) is 0 Å². The molecular weight excluding hydrogens is 262 g/mol. The highest BCUT2D eigenvalue weighted by molar-refractivity contribution is 5.60. The van der Waals surface area contributed by atoms with E-state index in [1.807, 2.05) is 0 Å². The van der Waals surface area contributed by atoms with Gasteiger partial charge in [0.25, 0.3) is 0 Å². The number of hydrogen-bond acceptors (Lipinski definition) is 5. The molecule has 1 aromatic rings. The molecule has 5 nitrogen and oxygen atoms in total. The van der Waals surface area contributed by atoms with Crippen molar-refractivity contribution in [2.24, 2.45) is 17.2 Å². The molecule has 1 aliphatic rings. The summed E-state index contributed by atoms with van der Waals surface area (Å²) in [4.78, 5) is 11.2. The predicted molar refractivity (Wildman–Crippen MR) is 88.3 cm³/mol. The van der Waals surface area contributed by atoms with Crippen LogP contribution < -0.4 is 16.2 Å². The number of nitrogens with one attached hydrogen (secondary N) is 1. The molecule has 21 heavy (non-hydrogen) atoms. The van der Waals surface area contributed by atoms with Crippen LogP contribution in [0.4, 0.5) is 11.6 Å². The van der Waals surface area contributed by atoms with Crippen molar-refractivity contribution < 1.29 is 0 Å². The zero-order chi connectivity index (χ0) is 15.6. The van der Waals surface area contributed by atoms with Crippen molar-refractivity contribution in [1.82, 2.24) is 9.97 Å². The Labute approximate surface area is 128 Å². The molecule has 2 rings (SSSR count). The summed E-state index contributed by atoms with van der Waals surface area (Å²) in [6.07, 6.45) is 4.04. The Hall–Kier alpha value is -1.36. The highest BCUT2D eigenvalue weighted by Crippen LogP contribution is 2.37. The van der Waals surface area contributed by atoms with Gasteiger partial charge in [-0.05, 0) is 30.1 Å². The van der Waals surface area contributed by atoms with Gasteiger partial charge in [-0.25, -0.2) is 15.8 Å². The lowest BCUT2D eigenvalue weighted by Gasteiger charge is -2.40. The summed E-state index contributed by atoms with van der Waals surface area (Å²) in [5.74, 6) is 8.52. The van der Waals surface area contributed by atoms with Crippen LogP contribution in [-0.4, -0.2) is 23.1 Å². The van der Waals surface area contributed by atoms with Gasteiger partial charge in [0.1, 0.15) is 18.0 Å². The molecule has 118 valence electrons. The fraction of sp³-hybridized carbons (Fsp3) is 0.750. The van der Waals surface area contributed by atoms with Crippen molar-refractivity contribution >= 4 is 11.6 Å². The van der Waals surface area contributed by atoms with Crippen molar-refractivity contribution in [2.75, 3.05) is 23.4 Å². The van der Waals surface area contributed by atoms with Crippen LogP contribution in [0.15, 0.2) is 6.33 Å². The molecule has 0 bridgehead atoms. The molecule has 3 N–H and O–H groups in total. The third-order valence-corrected chi connectivity index (χ3v) is 4.60. The van der Waals surface area contributed by atoms with Crippen LogP contribution in [0.2, 0.25) is 0 Å². The molecule has 0 spiro atoms. The Morgan fingerprint density at radius 3 is 2.33 bits per heavy atom. The SMILES string of the molecule is CC(C)c1c(NN)ncnc1N1CCC(C(C)(C)C)CC1. The molecule has 0 saturated carbocycles. The lowest BCUT2D eigenvalue weighted by Crippen LogP contribution is -2.39. The molecular formula is C16H29N5. The molecule has 2 heterocycles. The first kappa shape index (κ1) is 16.0. The summed E-state index contributed by atoms with van der Waals surface area (Å²) in [5.41, 5.74) is 4.22.